The Morgan fingerprint density at radius 2 is 1.68 bits per heavy atom. The first kappa shape index (κ1) is 21.1. The van der Waals surface area contributed by atoms with E-state index < -0.39 is 0 Å². The molecule has 0 atom stereocenters. The molecule has 0 radical (unpaired) electrons. The van der Waals surface area contributed by atoms with Gasteiger partial charge >= 0.3 is 0 Å². The van der Waals surface area contributed by atoms with Crippen molar-refractivity contribution in [3.8, 4) is 10.6 Å². The fourth-order valence-electron chi connectivity index (χ4n) is 3.35. The highest BCUT2D eigenvalue weighted by atomic mass is 32.1. The van der Waals surface area contributed by atoms with E-state index in [1.165, 1.54) is 21.1 Å². The molecular formula is C22H21N5O2S2. The maximum Gasteiger partial charge on any atom is 0.265 e. The smallest absolute Gasteiger partial charge is 0.265 e. The van der Waals surface area contributed by atoms with Crippen LogP contribution in [0, 0.1) is 0 Å². The number of nitrogens with zero attached hydrogens (tertiary/aromatic N) is 5. The summed E-state index contributed by atoms with van der Waals surface area (Å²) in [7, 11) is 0. The van der Waals surface area contributed by atoms with Gasteiger partial charge in [0, 0.05) is 18.0 Å². The van der Waals surface area contributed by atoms with Crippen molar-refractivity contribution >= 4 is 46.6 Å². The second-order valence-electron chi connectivity index (χ2n) is 6.93. The molecule has 0 saturated carbocycles. The van der Waals surface area contributed by atoms with Gasteiger partial charge in [0.05, 0.1) is 17.6 Å². The Labute approximate surface area is 189 Å². The molecule has 2 aromatic heterocycles. The van der Waals surface area contributed by atoms with E-state index in [0.29, 0.717) is 19.6 Å². The Hall–Kier alpha value is -3.17. The summed E-state index contributed by atoms with van der Waals surface area (Å²) >= 11 is 6.76. The lowest BCUT2D eigenvalue weighted by Crippen LogP contribution is -2.55. The van der Waals surface area contributed by atoms with Crippen LogP contribution in [0.4, 0.5) is 0 Å². The van der Waals surface area contributed by atoms with Crippen LogP contribution < -0.4 is 0 Å². The lowest BCUT2D eigenvalue weighted by Gasteiger charge is -2.35. The molecule has 0 bridgehead atoms. The maximum absolute atomic E-state index is 12.8. The van der Waals surface area contributed by atoms with E-state index in [-0.39, 0.29) is 22.5 Å². The Morgan fingerprint density at radius 3 is 2.32 bits per heavy atom. The Bertz CT molecular complexity index is 1140. The number of likely N-dealkylation sites (N-methyl/N-ethyl adjacent to an activating group) is 2. The van der Waals surface area contributed by atoms with E-state index in [9.17, 15) is 9.59 Å². The monoisotopic (exact) mass is 451 g/mol. The molecule has 4 rings (SSSR count). The van der Waals surface area contributed by atoms with E-state index in [1.807, 2.05) is 62.5 Å². The zero-order valence-corrected chi connectivity index (χ0v) is 18.8. The minimum Gasteiger partial charge on any atom is -0.285 e. The van der Waals surface area contributed by atoms with E-state index in [1.54, 1.807) is 10.8 Å². The number of rotatable bonds is 6. The first-order valence-electron chi connectivity index (χ1n) is 9.95. The van der Waals surface area contributed by atoms with Gasteiger partial charge in [0.1, 0.15) is 11.3 Å². The quantitative estimate of drug-likeness (QED) is 0.326. The summed E-state index contributed by atoms with van der Waals surface area (Å²) in [4.78, 5) is 30.2. The second kappa shape index (κ2) is 8.91. The minimum absolute atomic E-state index is 0.124. The van der Waals surface area contributed by atoms with Crippen molar-refractivity contribution in [2.45, 2.75) is 20.4 Å². The zero-order chi connectivity index (χ0) is 22.0. The average molecular weight is 452 g/mol. The third-order valence-electron chi connectivity index (χ3n) is 4.94. The molecule has 3 aromatic rings. The SMILES string of the molecule is CCN1C(=O)C(=Cc2ccc(-c3cn(Cc4ccccc4)nn3)s2)C(=O)N(CC)C1=S. The third kappa shape index (κ3) is 4.19. The summed E-state index contributed by atoms with van der Waals surface area (Å²) in [5, 5.41) is 8.74. The molecule has 0 N–H and O–H groups in total. The Balaban J connectivity index is 1.57. The normalized spacial score (nSPS) is 14.5. The van der Waals surface area contributed by atoms with Crippen molar-refractivity contribution in [2.24, 2.45) is 0 Å². The average Bonchev–Trinajstić information content (AvgIpc) is 3.42. The van der Waals surface area contributed by atoms with Crippen molar-refractivity contribution in [2.75, 3.05) is 13.1 Å². The highest BCUT2D eigenvalue weighted by molar-refractivity contribution is 7.80. The van der Waals surface area contributed by atoms with Crippen LogP contribution in [0.2, 0.25) is 0 Å². The van der Waals surface area contributed by atoms with E-state index >= 15 is 0 Å². The van der Waals surface area contributed by atoms with Crippen molar-refractivity contribution in [3.63, 3.8) is 0 Å². The van der Waals surface area contributed by atoms with E-state index in [2.05, 4.69) is 10.3 Å². The molecule has 1 fully saturated rings. The molecule has 0 spiro atoms. The van der Waals surface area contributed by atoms with Gasteiger partial charge in [0.25, 0.3) is 11.8 Å². The lowest BCUT2D eigenvalue weighted by molar-refractivity contribution is -0.133. The van der Waals surface area contributed by atoms with Gasteiger partial charge in [-0.05, 0) is 49.8 Å². The van der Waals surface area contributed by atoms with Crippen LogP contribution in [0.5, 0.6) is 0 Å². The molecule has 9 heteroatoms. The summed E-state index contributed by atoms with van der Waals surface area (Å²) < 4.78 is 1.79. The van der Waals surface area contributed by atoms with Gasteiger partial charge in [-0.1, -0.05) is 35.5 Å². The minimum atomic E-state index is -0.356. The van der Waals surface area contributed by atoms with Crippen LogP contribution >= 0.6 is 23.6 Å². The fraction of sp³-hybridized carbons (Fsp3) is 0.227. The number of carbonyl (C=O) groups is 2. The van der Waals surface area contributed by atoms with Crippen molar-refractivity contribution < 1.29 is 9.59 Å². The van der Waals surface area contributed by atoms with Crippen LogP contribution in [0.25, 0.3) is 16.6 Å². The molecule has 3 heterocycles. The molecule has 1 aliphatic rings. The standard InChI is InChI=1S/C22H21N5O2S2/c1-3-26-20(28)17(21(29)27(4-2)22(26)30)12-16-10-11-19(31-16)18-14-25(24-23-18)13-15-8-6-5-7-9-15/h5-12,14H,3-4,13H2,1-2H3. The molecule has 1 saturated heterocycles. The molecule has 31 heavy (non-hydrogen) atoms. The third-order valence-corrected chi connectivity index (χ3v) is 6.43. The van der Waals surface area contributed by atoms with Crippen LogP contribution in [0.15, 0.2) is 54.2 Å². The topological polar surface area (TPSA) is 71.3 Å². The molecular weight excluding hydrogens is 430 g/mol. The molecule has 0 aliphatic carbocycles. The fourth-order valence-corrected chi connectivity index (χ4v) is 4.68. The number of thiocarbonyl (C=S) groups is 1. The lowest BCUT2D eigenvalue weighted by atomic mass is 10.1. The second-order valence-corrected chi connectivity index (χ2v) is 8.41. The van der Waals surface area contributed by atoms with Crippen molar-refractivity contribution in [1.82, 2.24) is 24.8 Å². The van der Waals surface area contributed by atoms with Gasteiger partial charge in [-0.25, -0.2) is 4.68 Å². The van der Waals surface area contributed by atoms with Crippen LogP contribution in [0.3, 0.4) is 0 Å². The number of thiophene rings is 1. The Morgan fingerprint density at radius 1 is 1.00 bits per heavy atom. The summed E-state index contributed by atoms with van der Waals surface area (Å²) in [5.74, 6) is -0.711. The molecule has 1 aliphatic heterocycles. The Kier molecular flexibility index (Phi) is 6.06. The first-order chi connectivity index (χ1) is 15.0. The zero-order valence-electron chi connectivity index (χ0n) is 17.2. The van der Waals surface area contributed by atoms with Crippen LogP contribution in [-0.2, 0) is 16.1 Å². The van der Waals surface area contributed by atoms with Gasteiger partial charge in [0.2, 0.25) is 0 Å². The van der Waals surface area contributed by atoms with Crippen molar-refractivity contribution in [1.29, 1.82) is 0 Å². The molecule has 158 valence electrons. The molecule has 7 nitrogen and oxygen atoms in total. The van der Waals surface area contributed by atoms with Crippen LogP contribution in [-0.4, -0.2) is 54.8 Å². The van der Waals surface area contributed by atoms with E-state index in [4.69, 9.17) is 12.2 Å². The van der Waals surface area contributed by atoms with Gasteiger partial charge in [-0.2, -0.15) is 0 Å². The van der Waals surface area contributed by atoms with E-state index in [0.717, 1.165) is 21.0 Å². The number of hydrogen-bond donors (Lipinski definition) is 0. The first-order valence-corrected chi connectivity index (χ1v) is 11.2. The number of benzene rings is 1. The highest BCUT2D eigenvalue weighted by Crippen LogP contribution is 2.29. The number of amides is 2. The summed E-state index contributed by atoms with van der Waals surface area (Å²) in [5.41, 5.74) is 2.01. The maximum atomic E-state index is 12.8. The summed E-state index contributed by atoms with van der Waals surface area (Å²) in [6, 6.07) is 13.8. The number of aromatic nitrogens is 3. The summed E-state index contributed by atoms with van der Waals surface area (Å²) in [6.07, 6.45) is 3.53. The molecule has 0 unspecified atom stereocenters. The highest BCUT2D eigenvalue weighted by Gasteiger charge is 2.37. The van der Waals surface area contributed by atoms with Gasteiger partial charge in [-0.3, -0.25) is 19.4 Å². The predicted molar refractivity (Wildman–Crippen MR) is 124 cm³/mol. The van der Waals surface area contributed by atoms with Gasteiger partial charge in [0.15, 0.2) is 5.11 Å². The van der Waals surface area contributed by atoms with Crippen LogP contribution in [0.1, 0.15) is 24.3 Å². The number of carbonyl (C=O) groups excluding carboxylic acids is 2. The van der Waals surface area contributed by atoms with Crippen molar-refractivity contribution in [3.05, 3.63) is 64.7 Å². The summed E-state index contributed by atoms with van der Waals surface area (Å²) in [6.45, 7) is 5.15. The predicted octanol–water partition coefficient (Wildman–Crippen LogP) is 3.43. The largest absolute Gasteiger partial charge is 0.285 e. The molecule has 1 aromatic carbocycles. The number of hydrogen-bond acceptors (Lipinski definition) is 6. The molecule has 2 amide bonds. The van der Waals surface area contributed by atoms with Gasteiger partial charge < -0.3 is 0 Å². The van der Waals surface area contributed by atoms with Gasteiger partial charge in [-0.15, -0.1) is 16.4 Å².